The molecule has 1 amide bonds. The predicted octanol–water partition coefficient (Wildman–Crippen LogP) is 2.03. The molecule has 1 aliphatic rings. The van der Waals surface area contributed by atoms with E-state index < -0.39 is 11.5 Å². The first-order chi connectivity index (χ1) is 11.1. The fraction of sp³-hybridized carbons (Fsp3) is 0.438. The Morgan fingerprint density at radius 2 is 2.17 bits per heavy atom. The van der Waals surface area contributed by atoms with Gasteiger partial charge in [-0.2, -0.15) is 5.10 Å². The van der Waals surface area contributed by atoms with Crippen molar-refractivity contribution in [3.05, 3.63) is 39.9 Å². The van der Waals surface area contributed by atoms with Crippen LogP contribution in [-0.2, 0) is 7.05 Å². The molecule has 0 spiro atoms. The van der Waals surface area contributed by atoms with Crippen LogP contribution in [-0.4, -0.2) is 27.8 Å². The topological polar surface area (TPSA) is 89.0 Å². The minimum atomic E-state index is -0.510. The van der Waals surface area contributed by atoms with Gasteiger partial charge < -0.3 is 15.0 Å². The lowest BCUT2D eigenvalue weighted by Gasteiger charge is -2.08. The maximum atomic E-state index is 12.4. The van der Waals surface area contributed by atoms with Crippen LogP contribution >= 0.6 is 0 Å². The van der Waals surface area contributed by atoms with Crippen LogP contribution < -0.4 is 15.6 Å². The van der Waals surface area contributed by atoms with E-state index in [-0.39, 0.29) is 11.3 Å². The average molecular weight is 316 g/mol. The highest BCUT2D eigenvalue weighted by molar-refractivity contribution is 6.05. The summed E-state index contributed by atoms with van der Waals surface area (Å²) in [5.41, 5.74) is 0.466. The van der Waals surface area contributed by atoms with Crippen LogP contribution in [0, 0.1) is 0 Å². The van der Waals surface area contributed by atoms with Gasteiger partial charge in [-0.15, -0.1) is 0 Å². The number of nitrogens with one attached hydrogen (secondary N) is 2. The molecule has 0 saturated heterocycles. The second-order valence-electron chi connectivity index (χ2n) is 5.76. The van der Waals surface area contributed by atoms with Gasteiger partial charge in [0.2, 0.25) is 0 Å². The molecule has 1 aliphatic carbocycles. The predicted molar refractivity (Wildman–Crippen MR) is 86.0 cm³/mol. The molecule has 7 nitrogen and oxygen atoms in total. The number of hydrogen-bond acceptors (Lipinski definition) is 4. The number of carbonyl (C=O) groups is 1. The molecule has 0 aromatic carbocycles. The van der Waals surface area contributed by atoms with Gasteiger partial charge in [0.15, 0.2) is 0 Å². The van der Waals surface area contributed by atoms with E-state index in [0.29, 0.717) is 11.7 Å². The number of H-pyrrole nitrogens is 1. The van der Waals surface area contributed by atoms with E-state index in [1.807, 2.05) is 6.07 Å². The van der Waals surface area contributed by atoms with Crippen molar-refractivity contribution in [1.82, 2.24) is 14.8 Å². The van der Waals surface area contributed by atoms with E-state index >= 15 is 0 Å². The Bertz CT molecular complexity index is 772. The molecule has 0 bridgehead atoms. The molecule has 2 N–H and O–H groups in total. The lowest BCUT2D eigenvalue weighted by molar-refractivity contribution is 0.102. The van der Waals surface area contributed by atoms with Crippen molar-refractivity contribution in [2.75, 3.05) is 12.4 Å². The summed E-state index contributed by atoms with van der Waals surface area (Å²) in [7, 11) is 3.20. The quantitative estimate of drug-likeness (QED) is 0.903. The average Bonchev–Trinajstić information content (AvgIpc) is 3.17. The van der Waals surface area contributed by atoms with Gasteiger partial charge in [-0.05, 0) is 18.9 Å². The summed E-state index contributed by atoms with van der Waals surface area (Å²) < 4.78 is 6.73. The first-order valence-electron chi connectivity index (χ1n) is 7.71. The van der Waals surface area contributed by atoms with Crippen molar-refractivity contribution < 1.29 is 9.53 Å². The Hall–Kier alpha value is -2.57. The van der Waals surface area contributed by atoms with Crippen LogP contribution in [0.2, 0.25) is 0 Å². The second-order valence-corrected chi connectivity index (χ2v) is 5.76. The van der Waals surface area contributed by atoms with Gasteiger partial charge in [-0.1, -0.05) is 12.8 Å². The van der Waals surface area contributed by atoms with Crippen LogP contribution in [0.4, 0.5) is 5.82 Å². The molecule has 7 heteroatoms. The Kier molecular flexibility index (Phi) is 4.18. The molecule has 2 aromatic heterocycles. The highest BCUT2D eigenvalue weighted by Gasteiger charge is 2.22. The zero-order valence-corrected chi connectivity index (χ0v) is 13.3. The third-order valence-electron chi connectivity index (χ3n) is 4.28. The summed E-state index contributed by atoms with van der Waals surface area (Å²) in [6, 6.07) is 3.43. The number of methoxy groups -OCH3 is 1. The summed E-state index contributed by atoms with van der Waals surface area (Å²) in [4.78, 5) is 26.8. The normalized spacial score (nSPS) is 14.9. The van der Waals surface area contributed by atoms with Crippen molar-refractivity contribution >= 4 is 11.7 Å². The van der Waals surface area contributed by atoms with Gasteiger partial charge in [0.25, 0.3) is 11.5 Å². The number of nitrogens with zero attached hydrogens (tertiary/aromatic N) is 2. The molecule has 0 radical (unpaired) electrons. The number of amides is 1. The molecular weight excluding hydrogens is 296 g/mol. The number of pyridine rings is 1. The fourth-order valence-electron chi connectivity index (χ4n) is 3.05. The monoisotopic (exact) mass is 316 g/mol. The molecule has 1 saturated carbocycles. The SMILES string of the molecule is COc1cc[nH]c(=O)c1C(=O)Nc1cc(C2CCCC2)nn1C. The summed E-state index contributed by atoms with van der Waals surface area (Å²) in [6.45, 7) is 0. The van der Waals surface area contributed by atoms with Crippen LogP contribution in [0.15, 0.2) is 23.1 Å². The molecular formula is C16H20N4O3. The van der Waals surface area contributed by atoms with Crippen molar-refractivity contribution in [1.29, 1.82) is 0 Å². The molecule has 0 atom stereocenters. The van der Waals surface area contributed by atoms with Crippen molar-refractivity contribution in [3.8, 4) is 5.75 Å². The second kappa shape index (κ2) is 6.28. The minimum Gasteiger partial charge on any atom is -0.496 e. The van der Waals surface area contributed by atoms with Gasteiger partial charge in [0.05, 0.1) is 12.8 Å². The summed E-state index contributed by atoms with van der Waals surface area (Å²) >= 11 is 0. The Balaban J connectivity index is 1.85. The van der Waals surface area contributed by atoms with Gasteiger partial charge in [0, 0.05) is 25.2 Å². The lowest BCUT2D eigenvalue weighted by atomic mass is 10.0. The maximum Gasteiger partial charge on any atom is 0.266 e. The van der Waals surface area contributed by atoms with Gasteiger partial charge in [0.1, 0.15) is 17.1 Å². The molecule has 2 aromatic rings. The molecule has 3 rings (SSSR count). The van der Waals surface area contributed by atoms with E-state index in [2.05, 4.69) is 15.4 Å². The molecule has 0 aliphatic heterocycles. The van der Waals surface area contributed by atoms with Gasteiger partial charge in [-0.25, -0.2) is 0 Å². The van der Waals surface area contributed by atoms with E-state index in [1.165, 1.54) is 26.1 Å². The first kappa shape index (κ1) is 15.3. The van der Waals surface area contributed by atoms with E-state index in [0.717, 1.165) is 18.5 Å². The van der Waals surface area contributed by atoms with E-state index in [1.54, 1.807) is 17.8 Å². The summed E-state index contributed by atoms with van der Waals surface area (Å²) in [6.07, 6.45) is 6.16. The Morgan fingerprint density at radius 3 is 2.87 bits per heavy atom. The zero-order valence-electron chi connectivity index (χ0n) is 13.3. The molecule has 0 unspecified atom stereocenters. The number of hydrogen-bond donors (Lipinski definition) is 2. The number of anilines is 1. The number of ether oxygens (including phenoxy) is 1. The number of aryl methyl sites for hydroxylation is 1. The van der Waals surface area contributed by atoms with Crippen LogP contribution in [0.3, 0.4) is 0 Å². The zero-order chi connectivity index (χ0) is 16.4. The Morgan fingerprint density at radius 1 is 1.43 bits per heavy atom. The smallest absolute Gasteiger partial charge is 0.266 e. The Labute approximate surface area is 133 Å². The molecule has 2 heterocycles. The van der Waals surface area contributed by atoms with Crippen molar-refractivity contribution in [2.24, 2.45) is 7.05 Å². The van der Waals surface area contributed by atoms with Crippen LogP contribution in [0.25, 0.3) is 0 Å². The molecule has 122 valence electrons. The van der Waals surface area contributed by atoms with Crippen molar-refractivity contribution in [3.63, 3.8) is 0 Å². The number of aromatic amines is 1. The largest absolute Gasteiger partial charge is 0.496 e. The number of carbonyl (C=O) groups excluding carboxylic acids is 1. The number of aromatic nitrogens is 3. The summed E-state index contributed by atoms with van der Waals surface area (Å²) in [5.74, 6) is 0.762. The van der Waals surface area contributed by atoms with E-state index in [9.17, 15) is 9.59 Å². The van der Waals surface area contributed by atoms with Gasteiger partial charge >= 0.3 is 0 Å². The highest BCUT2D eigenvalue weighted by Crippen LogP contribution is 2.34. The lowest BCUT2D eigenvalue weighted by Crippen LogP contribution is -2.24. The first-order valence-corrected chi connectivity index (χ1v) is 7.71. The third-order valence-corrected chi connectivity index (χ3v) is 4.28. The molecule has 1 fully saturated rings. The maximum absolute atomic E-state index is 12.4. The van der Waals surface area contributed by atoms with E-state index in [4.69, 9.17) is 4.74 Å². The standard InChI is InChI=1S/C16H20N4O3/c1-20-13(9-11(19-20)10-5-3-4-6-10)18-16(22)14-12(23-2)7-8-17-15(14)21/h7-10H,3-6H2,1-2H3,(H,17,21)(H,18,22). The van der Waals surface area contributed by atoms with Crippen molar-refractivity contribution in [2.45, 2.75) is 31.6 Å². The van der Waals surface area contributed by atoms with Gasteiger partial charge in [-0.3, -0.25) is 14.3 Å². The molecule has 23 heavy (non-hydrogen) atoms. The minimum absolute atomic E-state index is 0.0429. The van der Waals surface area contributed by atoms with Crippen LogP contribution in [0.5, 0.6) is 5.75 Å². The highest BCUT2D eigenvalue weighted by atomic mass is 16.5. The fourth-order valence-corrected chi connectivity index (χ4v) is 3.05. The number of rotatable bonds is 4. The summed E-state index contributed by atoms with van der Waals surface area (Å²) in [5, 5.41) is 7.24. The van der Waals surface area contributed by atoms with Crippen LogP contribution in [0.1, 0.15) is 47.7 Å². The third kappa shape index (κ3) is 2.99.